The highest BCUT2D eigenvalue weighted by Gasteiger charge is 2.22. The average Bonchev–Trinajstić information content (AvgIpc) is 3.09. The van der Waals surface area contributed by atoms with E-state index in [-0.39, 0.29) is 5.91 Å². The monoisotopic (exact) mass is 334 g/mol. The molecule has 1 fully saturated rings. The molecule has 1 aliphatic rings. The highest BCUT2D eigenvalue weighted by Crippen LogP contribution is 2.29. The molecule has 0 aliphatic carbocycles. The maximum Gasteiger partial charge on any atom is 0.240 e. The minimum Gasteiger partial charge on any atom is -0.494 e. The normalized spacial score (nSPS) is 16.1. The van der Waals surface area contributed by atoms with E-state index in [0.717, 1.165) is 25.0 Å². The molecule has 0 aromatic heterocycles. The summed E-state index contributed by atoms with van der Waals surface area (Å²) in [5.41, 5.74) is 3.68. The van der Waals surface area contributed by atoms with Gasteiger partial charge in [-0.15, -0.1) is 0 Å². The third kappa shape index (κ3) is 6.13. The number of rotatable bonds is 10. The summed E-state index contributed by atoms with van der Waals surface area (Å²) in [6.07, 6.45) is 5.50. The third-order valence-electron chi connectivity index (χ3n) is 4.34. The van der Waals surface area contributed by atoms with Crippen LogP contribution in [-0.4, -0.2) is 37.1 Å². The van der Waals surface area contributed by atoms with E-state index >= 15 is 0 Å². The van der Waals surface area contributed by atoms with Crippen molar-refractivity contribution in [3.05, 3.63) is 29.8 Å². The van der Waals surface area contributed by atoms with Gasteiger partial charge < -0.3 is 4.74 Å². The first-order chi connectivity index (χ1) is 11.7. The highest BCUT2D eigenvalue weighted by atomic mass is 16.6. The van der Waals surface area contributed by atoms with Crippen molar-refractivity contribution >= 4 is 5.91 Å². The van der Waals surface area contributed by atoms with E-state index in [1.165, 1.54) is 38.4 Å². The number of amides is 1. The van der Waals surface area contributed by atoms with E-state index in [1.54, 1.807) is 0 Å². The smallest absolute Gasteiger partial charge is 0.240 e. The molecule has 1 aromatic rings. The summed E-state index contributed by atoms with van der Waals surface area (Å²) in [5, 5.41) is 0. The molecule has 2 rings (SSSR count). The molecule has 24 heavy (non-hydrogen) atoms. The zero-order valence-corrected chi connectivity index (χ0v) is 14.9. The van der Waals surface area contributed by atoms with Crippen LogP contribution in [0.4, 0.5) is 0 Å². The molecule has 5 heteroatoms. The van der Waals surface area contributed by atoms with E-state index in [1.807, 2.05) is 6.07 Å². The Bertz CT molecular complexity index is 501. The van der Waals surface area contributed by atoms with Crippen LogP contribution in [0.1, 0.15) is 57.6 Å². The molecule has 0 spiro atoms. The van der Waals surface area contributed by atoms with Crippen molar-refractivity contribution in [3.8, 4) is 5.75 Å². The third-order valence-corrected chi connectivity index (χ3v) is 4.34. The lowest BCUT2D eigenvalue weighted by Crippen LogP contribution is -2.25. The number of likely N-dealkylation sites (tertiary alicyclic amines) is 1. The Labute approximate surface area is 145 Å². The number of carbonyl (C=O) groups is 1. The van der Waals surface area contributed by atoms with Crippen LogP contribution < -0.4 is 10.2 Å². The Morgan fingerprint density at radius 3 is 2.71 bits per heavy atom. The fourth-order valence-electron chi connectivity index (χ4n) is 3.19. The summed E-state index contributed by atoms with van der Waals surface area (Å²) in [6.45, 7) is 7.27. The molecule has 1 saturated heterocycles. The highest BCUT2D eigenvalue weighted by molar-refractivity contribution is 5.71. The average molecular weight is 334 g/mol. The Kier molecular flexibility index (Phi) is 8.05. The van der Waals surface area contributed by atoms with Gasteiger partial charge in [0.2, 0.25) is 5.91 Å². The van der Waals surface area contributed by atoms with E-state index in [9.17, 15) is 4.79 Å². The van der Waals surface area contributed by atoms with Gasteiger partial charge in [0.1, 0.15) is 5.75 Å². The topological polar surface area (TPSA) is 50.8 Å². The molecule has 1 aliphatic heterocycles. The van der Waals surface area contributed by atoms with Gasteiger partial charge in [-0.3, -0.25) is 14.5 Å². The summed E-state index contributed by atoms with van der Waals surface area (Å²) in [6, 6.07) is 9.00. The lowest BCUT2D eigenvalue weighted by Gasteiger charge is -2.27. The molecule has 5 nitrogen and oxygen atoms in total. The van der Waals surface area contributed by atoms with Crippen molar-refractivity contribution in [2.45, 2.75) is 52.0 Å². The predicted octanol–water partition coefficient (Wildman–Crippen LogP) is 3.46. The first-order valence-corrected chi connectivity index (χ1v) is 9.06. The largest absolute Gasteiger partial charge is 0.494 e. The van der Waals surface area contributed by atoms with Gasteiger partial charge in [0, 0.05) is 13.0 Å². The zero-order valence-electron chi connectivity index (χ0n) is 14.9. The van der Waals surface area contributed by atoms with Crippen molar-refractivity contribution < 1.29 is 14.4 Å². The predicted molar refractivity (Wildman–Crippen MR) is 94.8 cm³/mol. The number of nitrogens with zero attached hydrogens (tertiary/aromatic N) is 1. The zero-order chi connectivity index (χ0) is 17.2. The van der Waals surface area contributed by atoms with Crippen LogP contribution in [0.25, 0.3) is 0 Å². The second kappa shape index (κ2) is 10.3. The molecule has 1 N–H and O–H groups in total. The minimum absolute atomic E-state index is 0.174. The van der Waals surface area contributed by atoms with Crippen LogP contribution in [0.3, 0.4) is 0 Å². The quantitative estimate of drug-likeness (QED) is 0.526. The molecular formula is C19H30N2O3. The van der Waals surface area contributed by atoms with Gasteiger partial charge >= 0.3 is 0 Å². The Morgan fingerprint density at radius 2 is 2.00 bits per heavy atom. The van der Waals surface area contributed by atoms with Crippen LogP contribution in [0, 0.1) is 0 Å². The summed E-state index contributed by atoms with van der Waals surface area (Å²) < 4.78 is 5.87. The summed E-state index contributed by atoms with van der Waals surface area (Å²) in [7, 11) is 0. The van der Waals surface area contributed by atoms with Crippen LogP contribution in [0.2, 0.25) is 0 Å². The molecule has 1 amide bonds. The molecule has 0 radical (unpaired) electrons. The second-order valence-corrected chi connectivity index (χ2v) is 6.30. The first kappa shape index (κ1) is 18.7. The number of hydrogen-bond donors (Lipinski definition) is 1. The molecule has 0 saturated carbocycles. The van der Waals surface area contributed by atoms with Gasteiger partial charge in [0.15, 0.2) is 0 Å². The molecule has 1 aromatic carbocycles. The molecule has 134 valence electrons. The van der Waals surface area contributed by atoms with Gasteiger partial charge in [0.25, 0.3) is 0 Å². The number of carbonyl (C=O) groups excluding carboxylic acids is 1. The number of hydroxylamine groups is 1. The van der Waals surface area contributed by atoms with Crippen LogP contribution >= 0.6 is 0 Å². The molecule has 1 unspecified atom stereocenters. The lowest BCUT2D eigenvalue weighted by atomic mass is 10.0. The van der Waals surface area contributed by atoms with Gasteiger partial charge in [-0.1, -0.05) is 19.1 Å². The Balaban J connectivity index is 1.74. The first-order valence-electron chi connectivity index (χ1n) is 9.06. The summed E-state index contributed by atoms with van der Waals surface area (Å²) in [5.74, 6) is 0.763. The summed E-state index contributed by atoms with van der Waals surface area (Å²) >= 11 is 0. The number of ether oxygens (including phenoxy) is 1. The summed E-state index contributed by atoms with van der Waals surface area (Å²) in [4.78, 5) is 18.3. The van der Waals surface area contributed by atoms with Gasteiger partial charge in [-0.05, 0) is 62.9 Å². The van der Waals surface area contributed by atoms with E-state index in [4.69, 9.17) is 9.57 Å². The van der Waals surface area contributed by atoms with Crippen molar-refractivity contribution in [2.24, 2.45) is 0 Å². The minimum atomic E-state index is -0.174. The molecule has 1 atom stereocenters. The standard InChI is InChI=1S/C19H30N2O3/c1-3-19(21-11-4-5-12-21)17-9-8-10-18(15-17)23-13-6-7-14-24-20-16(2)22/h8-10,15,19H,3-7,11-14H2,1-2H3,(H,20,22). The molecule has 1 heterocycles. The second-order valence-electron chi connectivity index (χ2n) is 6.30. The Hall–Kier alpha value is -1.59. The fourth-order valence-corrected chi connectivity index (χ4v) is 3.19. The van der Waals surface area contributed by atoms with E-state index < -0.39 is 0 Å². The van der Waals surface area contributed by atoms with Crippen molar-refractivity contribution in [1.82, 2.24) is 10.4 Å². The number of benzene rings is 1. The van der Waals surface area contributed by atoms with Crippen molar-refractivity contribution in [1.29, 1.82) is 0 Å². The van der Waals surface area contributed by atoms with Gasteiger partial charge in [-0.25, -0.2) is 5.48 Å². The van der Waals surface area contributed by atoms with Crippen molar-refractivity contribution in [2.75, 3.05) is 26.3 Å². The fraction of sp³-hybridized carbons (Fsp3) is 0.632. The van der Waals surface area contributed by atoms with Crippen molar-refractivity contribution in [3.63, 3.8) is 0 Å². The van der Waals surface area contributed by atoms with Crippen LogP contribution in [-0.2, 0) is 9.63 Å². The maximum atomic E-state index is 10.7. The van der Waals surface area contributed by atoms with Crippen LogP contribution in [0.15, 0.2) is 24.3 Å². The lowest BCUT2D eigenvalue weighted by molar-refractivity contribution is -0.131. The van der Waals surface area contributed by atoms with E-state index in [2.05, 4.69) is 35.5 Å². The number of hydrogen-bond acceptors (Lipinski definition) is 4. The molecule has 0 bridgehead atoms. The Morgan fingerprint density at radius 1 is 1.25 bits per heavy atom. The van der Waals surface area contributed by atoms with E-state index in [0.29, 0.717) is 19.3 Å². The van der Waals surface area contributed by atoms with Crippen LogP contribution in [0.5, 0.6) is 5.75 Å². The number of unbranched alkanes of at least 4 members (excludes halogenated alkanes) is 1. The van der Waals surface area contributed by atoms with Gasteiger partial charge in [0.05, 0.1) is 13.2 Å². The maximum absolute atomic E-state index is 10.7. The number of nitrogens with one attached hydrogen (secondary N) is 1. The SMILES string of the molecule is CCC(c1cccc(OCCCCONC(C)=O)c1)N1CCCC1. The van der Waals surface area contributed by atoms with Gasteiger partial charge in [-0.2, -0.15) is 0 Å². The molecular weight excluding hydrogens is 304 g/mol.